The average molecular weight is 580 g/mol. The molecule has 0 spiro atoms. The van der Waals surface area contributed by atoms with Crippen LogP contribution in [0.1, 0.15) is 44.1 Å². The number of primary amides is 1. The number of unbranched alkanes of at least 4 members (excludes halogenated alkanes) is 1. The molecule has 0 aromatic heterocycles. The Hall–Kier alpha value is -4.44. The Morgan fingerprint density at radius 1 is 0.805 bits per heavy atom. The number of aromatic hydroxyl groups is 1. The number of carbonyl (C=O) groups excluding carboxylic acids is 4. The number of nitrogens with one attached hydrogen (secondary N) is 3. The summed E-state index contributed by atoms with van der Waals surface area (Å²) < 4.78 is 0. The molecule has 0 fully saturated rings. The van der Waals surface area contributed by atoms with E-state index in [1.807, 2.05) is 0 Å². The molecule has 41 heavy (non-hydrogen) atoms. The number of phenols is 1. The summed E-state index contributed by atoms with van der Waals surface area (Å²) in [6.07, 6.45) is 0.904. The lowest BCUT2D eigenvalue weighted by atomic mass is 10.0. The first-order valence-corrected chi connectivity index (χ1v) is 13.0. The van der Waals surface area contributed by atoms with Crippen molar-refractivity contribution < 1.29 is 34.2 Å². The third-order valence-corrected chi connectivity index (χ3v) is 5.91. The van der Waals surface area contributed by atoms with E-state index in [4.69, 9.17) is 28.7 Å². The second-order valence-corrected chi connectivity index (χ2v) is 9.40. The maximum atomic E-state index is 13.4. The number of guanidine groups is 1. The number of amides is 4. The second-order valence-electron chi connectivity index (χ2n) is 9.40. The summed E-state index contributed by atoms with van der Waals surface area (Å²) in [6, 6.07) is 0.817. The van der Waals surface area contributed by atoms with E-state index in [1.165, 1.54) is 24.3 Å². The topological polar surface area (TPSA) is 304 Å². The molecular formula is C25H41N9O7. The summed E-state index contributed by atoms with van der Waals surface area (Å²) >= 11 is 0. The Morgan fingerprint density at radius 2 is 1.37 bits per heavy atom. The molecule has 0 heterocycles. The Kier molecular flexibility index (Phi) is 15.2. The van der Waals surface area contributed by atoms with Crippen LogP contribution in [0.3, 0.4) is 0 Å². The number of nitrogens with zero attached hydrogens (tertiary/aromatic N) is 1. The first-order chi connectivity index (χ1) is 19.3. The first-order valence-electron chi connectivity index (χ1n) is 13.0. The summed E-state index contributed by atoms with van der Waals surface area (Å²) in [5.41, 5.74) is 27.5. The fourth-order valence-electron chi connectivity index (χ4n) is 3.73. The third-order valence-electron chi connectivity index (χ3n) is 5.91. The van der Waals surface area contributed by atoms with E-state index >= 15 is 0 Å². The summed E-state index contributed by atoms with van der Waals surface area (Å²) in [4.78, 5) is 65.9. The van der Waals surface area contributed by atoms with Gasteiger partial charge in [0.15, 0.2) is 5.96 Å². The minimum absolute atomic E-state index is 0.0146. The van der Waals surface area contributed by atoms with Gasteiger partial charge in [-0.15, -0.1) is 0 Å². The van der Waals surface area contributed by atoms with Gasteiger partial charge in [0, 0.05) is 13.0 Å². The van der Waals surface area contributed by atoms with Crippen LogP contribution >= 0.6 is 0 Å². The van der Waals surface area contributed by atoms with Gasteiger partial charge in [0.2, 0.25) is 23.6 Å². The van der Waals surface area contributed by atoms with E-state index in [-0.39, 0.29) is 43.9 Å². The first kappa shape index (κ1) is 34.6. The highest BCUT2D eigenvalue weighted by atomic mass is 16.4. The number of carbonyl (C=O) groups is 5. The van der Waals surface area contributed by atoms with Gasteiger partial charge >= 0.3 is 5.97 Å². The Bertz CT molecular complexity index is 1060. The average Bonchev–Trinajstić information content (AvgIpc) is 2.89. The predicted molar refractivity (Wildman–Crippen MR) is 150 cm³/mol. The molecule has 0 radical (unpaired) electrons. The van der Waals surface area contributed by atoms with Gasteiger partial charge in [-0.1, -0.05) is 12.1 Å². The number of hydrogen-bond acceptors (Lipinski definition) is 9. The minimum Gasteiger partial charge on any atom is -0.508 e. The van der Waals surface area contributed by atoms with E-state index < -0.39 is 60.2 Å². The zero-order valence-corrected chi connectivity index (χ0v) is 22.8. The molecule has 1 rings (SSSR count). The fourth-order valence-corrected chi connectivity index (χ4v) is 3.73. The Morgan fingerprint density at radius 3 is 1.93 bits per heavy atom. The van der Waals surface area contributed by atoms with Crippen LogP contribution in [0, 0.1) is 0 Å². The Balaban J connectivity index is 3.17. The maximum Gasteiger partial charge on any atom is 0.326 e. The molecule has 228 valence electrons. The number of rotatable bonds is 19. The van der Waals surface area contributed by atoms with Crippen molar-refractivity contribution in [2.24, 2.45) is 33.7 Å². The van der Waals surface area contributed by atoms with Crippen LogP contribution in [0.25, 0.3) is 0 Å². The molecule has 15 N–H and O–H groups in total. The van der Waals surface area contributed by atoms with Gasteiger partial charge in [0.1, 0.15) is 23.9 Å². The summed E-state index contributed by atoms with van der Waals surface area (Å²) in [5, 5.41) is 26.6. The van der Waals surface area contributed by atoms with Crippen LogP contribution in [0.5, 0.6) is 5.75 Å². The molecule has 16 nitrogen and oxygen atoms in total. The molecule has 16 heteroatoms. The number of nitrogens with two attached hydrogens (primary N) is 5. The maximum absolute atomic E-state index is 13.4. The van der Waals surface area contributed by atoms with E-state index in [0.29, 0.717) is 24.9 Å². The highest BCUT2D eigenvalue weighted by molar-refractivity contribution is 5.95. The van der Waals surface area contributed by atoms with Crippen molar-refractivity contribution in [3.05, 3.63) is 29.8 Å². The number of aliphatic imine (C=N–C) groups is 1. The van der Waals surface area contributed by atoms with Gasteiger partial charge in [-0.2, -0.15) is 0 Å². The normalized spacial score (nSPS) is 13.6. The molecule has 0 aliphatic heterocycles. The molecular weight excluding hydrogens is 538 g/mol. The summed E-state index contributed by atoms with van der Waals surface area (Å²) in [5.74, 6) is -4.62. The van der Waals surface area contributed by atoms with E-state index in [0.717, 1.165) is 0 Å². The lowest BCUT2D eigenvalue weighted by Crippen LogP contribution is -2.57. The van der Waals surface area contributed by atoms with E-state index in [1.54, 1.807) is 0 Å². The standard InChI is InChI=1S/C25H41N9O7/c26-10-2-1-4-18(24(40)41)33-22(38)17(5-3-11-31-25(29)30)32-23(39)19(12-14-6-8-15(35)9-7-14)34-21(37)16(27)13-20(28)36/h6-9,16-19,35H,1-5,10-13,26-27H2,(H2,28,36)(H,32,39)(H,33,38)(H,34,37)(H,40,41)(H4,29,30,31). The molecule has 0 bridgehead atoms. The monoisotopic (exact) mass is 579 g/mol. The smallest absolute Gasteiger partial charge is 0.326 e. The molecule has 1 aromatic rings. The largest absolute Gasteiger partial charge is 0.508 e. The van der Waals surface area contributed by atoms with Crippen LogP contribution in [0.4, 0.5) is 0 Å². The van der Waals surface area contributed by atoms with Crippen molar-refractivity contribution >= 4 is 35.6 Å². The molecule has 1 aromatic carbocycles. The van der Waals surface area contributed by atoms with Gasteiger partial charge in [-0.05, 0) is 56.3 Å². The van der Waals surface area contributed by atoms with Gasteiger partial charge in [-0.25, -0.2) is 4.79 Å². The third kappa shape index (κ3) is 14.0. The fraction of sp³-hybridized carbons (Fsp3) is 0.520. The van der Waals surface area contributed by atoms with Crippen molar-refractivity contribution in [3.8, 4) is 5.75 Å². The van der Waals surface area contributed by atoms with Crippen molar-refractivity contribution in [1.82, 2.24) is 16.0 Å². The van der Waals surface area contributed by atoms with E-state index in [9.17, 15) is 34.2 Å². The van der Waals surface area contributed by atoms with Gasteiger partial charge < -0.3 is 54.8 Å². The van der Waals surface area contributed by atoms with Crippen molar-refractivity contribution in [1.29, 1.82) is 0 Å². The molecule has 4 atom stereocenters. The highest BCUT2D eigenvalue weighted by Crippen LogP contribution is 2.12. The summed E-state index contributed by atoms with van der Waals surface area (Å²) in [7, 11) is 0. The lowest BCUT2D eigenvalue weighted by Gasteiger charge is -2.25. The molecule has 0 saturated carbocycles. The van der Waals surface area contributed by atoms with Crippen LogP contribution < -0.4 is 44.6 Å². The molecule has 0 aliphatic carbocycles. The zero-order chi connectivity index (χ0) is 30.9. The second kappa shape index (κ2) is 18.0. The number of benzene rings is 1. The van der Waals surface area contributed by atoms with Crippen molar-refractivity contribution in [2.75, 3.05) is 13.1 Å². The molecule has 0 aliphatic rings. The van der Waals surface area contributed by atoms with Crippen molar-refractivity contribution in [3.63, 3.8) is 0 Å². The van der Waals surface area contributed by atoms with Crippen LogP contribution in [0.2, 0.25) is 0 Å². The Labute approximate surface area is 237 Å². The SMILES string of the molecule is NCCCCC(NC(=O)C(CCCN=C(N)N)NC(=O)C(Cc1ccc(O)cc1)NC(=O)C(N)CC(N)=O)C(=O)O. The number of carboxylic acid groups (broad SMARTS) is 1. The molecule has 4 amide bonds. The quantitative estimate of drug-likeness (QED) is 0.0443. The van der Waals surface area contributed by atoms with Gasteiger partial charge in [-0.3, -0.25) is 24.2 Å². The number of hydrogen-bond donors (Lipinski definition) is 10. The number of aliphatic carboxylic acids is 1. The van der Waals surface area contributed by atoms with Crippen molar-refractivity contribution in [2.45, 2.75) is 69.1 Å². The van der Waals surface area contributed by atoms with Crippen LogP contribution in [0.15, 0.2) is 29.3 Å². The zero-order valence-electron chi connectivity index (χ0n) is 22.8. The van der Waals surface area contributed by atoms with E-state index in [2.05, 4.69) is 20.9 Å². The number of carboxylic acids is 1. The number of phenolic OH excluding ortho intramolecular Hbond substituents is 1. The van der Waals surface area contributed by atoms with Crippen LogP contribution in [-0.4, -0.2) is 83.0 Å². The molecule has 0 saturated heterocycles. The molecule has 4 unspecified atom stereocenters. The van der Waals surface area contributed by atoms with Gasteiger partial charge in [0.05, 0.1) is 12.5 Å². The predicted octanol–water partition coefficient (Wildman–Crippen LogP) is -3.14. The summed E-state index contributed by atoms with van der Waals surface area (Å²) in [6.45, 7) is 0.498. The van der Waals surface area contributed by atoms with Gasteiger partial charge in [0.25, 0.3) is 0 Å². The highest BCUT2D eigenvalue weighted by Gasteiger charge is 2.30. The minimum atomic E-state index is -1.33. The van der Waals surface area contributed by atoms with Crippen LogP contribution in [-0.2, 0) is 30.4 Å². The lowest BCUT2D eigenvalue weighted by molar-refractivity contribution is -0.142.